The van der Waals surface area contributed by atoms with Gasteiger partial charge in [-0.15, -0.1) is 0 Å². The van der Waals surface area contributed by atoms with Crippen molar-refractivity contribution >= 4 is 0 Å². The molecular formula is C20H35N. The van der Waals surface area contributed by atoms with Crippen LogP contribution in [-0.2, 0) is 6.42 Å². The van der Waals surface area contributed by atoms with Gasteiger partial charge in [0.05, 0.1) is 0 Å². The minimum Gasteiger partial charge on any atom is -0.310 e. The van der Waals surface area contributed by atoms with E-state index in [1.165, 1.54) is 43.2 Å². The molecule has 0 amide bonds. The Labute approximate surface area is 132 Å². The Kier molecular flexibility index (Phi) is 8.68. The highest BCUT2D eigenvalue weighted by Crippen LogP contribution is 2.29. The van der Waals surface area contributed by atoms with E-state index in [-0.39, 0.29) is 0 Å². The van der Waals surface area contributed by atoms with Crippen molar-refractivity contribution in [3.8, 4) is 0 Å². The van der Waals surface area contributed by atoms with Crippen LogP contribution in [0.25, 0.3) is 0 Å². The summed E-state index contributed by atoms with van der Waals surface area (Å²) in [4.78, 5) is 0. The van der Waals surface area contributed by atoms with Crippen LogP contribution in [0.4, 0.5) is 0 Å². The van der Waals surface area contributed by atoms with Crippen molar-refractivity contribution in [2.24, 2.45) is 11.8 Å². The van der Waals surface area contributed by atoms with Gasteiger partial charge in [-0.05, 0) is 42.3 Å². The summed E-state index contributed by atoms with van der Waals surface area (Å²) in [7, 11) is 0. The van der Waals surface area contributed by atoms with Crippen molar-refractivity contribution < 1.29 is 0 Å². The fraction of sp³-hybridized carbons (Fsp3) is 0.700. The molecule has 120 valence electrons. The molecule has 1 aromatic rings. The van der Waals surface area contributed by atoms with Crippen LogP contribution in [0.15, 0.2) is 24.3 Å². The molecule has 0 heterocycles. The lowest BCUT2D eigenvalue weighted by atomic mass is 9.86. The highest BCUT2D eigenvalue weighted by atomic mass is 14.9. The van der Waals surface area contributed by atoms with Crippen molar-refractivity contribution in [2.45, 2.75) is 72.8 Å². The minimum atomic E-state index is 0.513. The first kappa shape index (κ1) is 18.2. The molecule has 0 aliphatic carbocycles. The lowest BCUT2D eigenvalue weighted by Gasteiger charge is -2.28. The van der Waals surface area contributed by atoms with E-state index >= 15 is 0 Å². The van der Waals surface area contributed by atoms with Gasteiger partial charge in [0.15, 0.2) is 0 Å². The first-order chi connectivity index (χ1) is 10.1. The molecule has 1 aromatic carbocycles. The molecule has 0 spiro atoms. The third kappa shape index (κ3) is 6.22. The summed E-state index contributed by atoms with van der Waals surface area (Å²) in [6.45, 7) is 12.5. The Morgan fingerprint density at radius 1 is 1.10 bits per heavy atom. The SMILES string of the molecule is CCCCC(CC)C(NCC)c1cccc(CC(C)C)c1. The second kappa shape index (κ2) is 10.00. The van der Waals surface area contributed by atoms with E-state index in [2.05, 4.69) is 64.2 Å². The van der Waals surface area contributed by atoms with Gasteiger partial charge in [0.1, 0.15) is 0 Å². The zero-order chi connectivity index (χ0) is 15.7. The smallest absolute Gasteiger partial charge is 0.0348 e. The van der Waals surface area contributed by atoms with Gasteiger partial charge >= 0.3 is 0 Å². The summed E-state index contributed by atoms with van der Waals surface area (Å²) in [6.07, 6.45) is 6.40. The highest BCUT2D eigenvalue weighted by Gasteiger charge is 2.20. The Morgan fingerprint density at radius 2 is 1.86 bits per heavy atom. The predicted molar refractivity (Wildman–Crippen MR) is 94.7 cm³/mol. The molecule has 1 rings (SSSR count). The molecule has 0 radical (unpaired) electrons. The van der Waals surface area contributed by atoms with Crippen LogP contribution < -0.4 is 5.32 Å². The molecule has 0 bridgehead atoms. The second-order valence-corrected chi connectivity index (χ2v) is 6.69. The largest absolute Gasteiger partial charge is 0.310 e. The van der Waals surface area contributed by atoms with E-state index in [4.69, 9.17) is 0 Å². The molecule has 0 saturated carbocycles. The average Bonchev–Trinajstić information content (AvgIpc) is 2.46. The summed E-state index contributed by atoms with van der Waals surface area (Å²) in [5, 5.41) is 3.74. The first-order valence-corrected chi connectivity index (χ1v) is 8.94. The Bertz CT molecular complexity index is 383. The number of benzene rings is 1. The summed E-state index contributed by atoms with van der Waals surface area (Å²) in [5.41, 5.74) is 2.97. The second-order valence-electron chi connectivity index (χ2n) is 6.69. The molecule has 2 unspecified atom stereocenters. The summed E-state index contributed by atoms with van der Waals surface area (Å²) < 4.78 is 0. The van der Waals surface area contributed by atoms with Gasteiger partial charge in [-0.3, -0.25) is 0 Å². The van der Waals surface area contributed by atoms with Gasteiger partial charge in [0.2, 0.25) is 0 Å². The van der Waals surface area contributed by atoms with Crippen molar-refractivity contribution in [3.63, 3.8) is 0 Å². The monoisotopic (exact) mass is 289 g/mol. The van der Waals surface area contributed by atoms with Crippen molar-refractivity contribution in [1.29, 1.82) is 0 Å². The zero-order valence-electron chi connectivity index (χ0n) is 14.8. The lowest BCUT2D eigenvalue weighted by molar-refractivity contribution is 0.327. The number of hydrogen-bond donors (Lipinski definition) is 1. The fourth-order valence-corrected chi connectivity index (χ4v) is 3.23. The third-order valence-corrected chi connectivity index (χ3v) is 4.30. The zero-order valence-corrected chi connectivity index (χ0v) is 14.8. The van der Waals surface area contributed by atoms with Crippen molar-refractivity contribution in [2.75, 3.05) is 6.54 Å². The van der Waals surface area contributed by atoms with Crippen LogP contribution in [0.2, 0.25) is 0 Å². The maximum absolute atomic E-state index is 3.74. The maximum Gasteiger partial charge on any atom is 0.0348 e. The number of hydrogen-bond acceptors (Lipinski definition) is 1. The quantitative estimate of drug-likeness (QED) is 0.578. The molecule has 2 atom stereocenters. The summed E-state index contributed by atoms with van der Waals surface area (Å²) in [6, 6.07) is 9.77. The summed E-state index contributed by atoms with van der Waals surface area (Å²) >= 11 is 0. The molecule has 1 N–H and O–H groups in total. The average molecular weight is 290 g/mol. The van der Waals surface area contributed by atoms with Gasteiger partial charge in [-0.25, -0.2) is 0 Å². The number of nitrogens with one attached hydrogen (secondary N) is 1. The van der Waals surface area contributed by atoms with Gasteiger partial charge in [-0.2, -0.15) is 0 Å². The molecule has 1 heteroatoms. The number of unbranched alkanes of at least 4 members (excludes halogenated alkanes) is 1. The van der Waals surface area contributed by atoms with E-state index in [1.807, 2.05) is 0 Å². The molecule has 1 nitrogen and oxygen atoms in total. The predicted octanol–water partition coefficient (Wildman–Crippen LogP) is 5.75. The van der Waals surface area contributed by atoms with Crippen LogP contribution >= 0.6 is 0 Å². The van der Waals surface area contributed by atoms with E-state index in [9.17, 15) is 0 Å². The fourth-order valence-electron chi connectivity index (χ4n) is 3.23. The molecule has 0 aromatic heterocycles. The van der Waals surface area contributed by atoms with Crippen LogP contribution in [0.5, 0.6) is 0 Å². The van der Waals surface area contributed by atoms with Crippen molar-refractivity contribution in [3.05, 3.63) is 35.4 Å². The van der Waals surface area contributed by atoms with Gasteiger partial charge < -0.3 is 5.32 Å². The third-order valence-electron chi connectivity index (χ3n) is 4.30. The molecular weight excluding hydrogens is 254 g/mol. The van der Waals surface area contributed by atoms with E-state index in [0.717, 1.165) is 18.4 Å². The van der Waals surface area contributed by atoms with E-state index in [1.54, 1.807) is 0 Å². The normalized spacial score (nSPS) is 14.4. The van der Waals surface area contributed by atoms with Gasteiger partial charge in [-0.1, -0.05) is 78.1 Å². The standard InChI is InChI=1S/C20H35N/c1-6-9-12-18(7-2)20(21-8-3)19-13-10-11-17(15-19)14-16(4)5/h10-11,13,15-16,18,20-21H,6-9,12,14H2,1-5H3. The topological polar surface area (TPSA) is 12.0 Å². The van der Waals surface area contributed by atoms with Crippen molar-refractivity contribution in [1.82, 2.24) is 5.32 Å². The van der Waals surface area contributed by atoms with E-state index < -0.39 is 0 Å². The van der Waals surface area contributed by atoms with Gasteiger partial charge in [0.25, 0.3) is 0 Å². The van der Waals surface area contributed by atoms with Crippen LogP contribution in [-0.4, -0.2) is 6.54 Å². The molecule has 0 fully saturated rings. The molecule has 0 saturated heterocycles. The molecule has 21 heavy (non-hydrogen) atoms. The maximum atomic E-state index is 3.74. The summed E-state index contributed by atoms with van der Waals surface area (Å²) in [5.74, 6) is 1.47. The van der Waals surface area contributed by atoms with Gasteiger partial charge in [0, 0.05) is 6.04 Å². The lowest BCUT2D eigenvalue weighted by Crippen LogP contribution is -2.28. The minimum absolute atomic E-state index is 0.513. The first-order valence-electron chi connectivity index (χ1n) is 8.94. The van der Waals surface area contributed by atoms with Crippen LogP contribution in [0, 0.1) is 11.8 Å². The van der Waals surface area contributed by atoms with Crippen LogP contribution in [0.3, 0.4) is 0 Å². The molecule has 0 aliphatic rings. The Morgan fingerprint density at radius 3 is 2.43 bits per heavy atom. The Hall–Kier alpha value is -0.820. The molecule has 0 aliphatic heterocycles. The highest BCUT2D eigenvalue weighted by molar-refractivity contribution is 5.27. The van der Waals surface area contributed by atoms with E-state index in [0.29, 0.717) is 6.04 Å². The number of rotatable bonds is 10. The Balaban J connectivity index is 2.92. The van der Waals surface area contributed by atoms with Crippen LogP contribution in [0.1, 0.15) is 77.5 Å².